The van der Waals surface area contributed by atoms with E-state index in [2.05, 4.69) is 37.6 Å². The summed E-state index contributed by atoms with van der Waals surface area (Å²) in [5.74, 6) is 0.742. The van der Waals surface area contributed by atoms with E-state index in [1.807, 2.05) is 24.3 Å². The molecule has 2 amide bonds. The molecule has 2 heterocycles. The number of aromatic nitrogens is 2. The molecule has 24 heavy (non-hydrogen) atoms. The summed E-state index contributed by atoms with van der Waals surface area (Å²) in [6.45, 7) is 2.17. The Kier molecular flexibility index (Phi) is 5.61. The van der Waals surface area contributed by atoms with Gasteiger partial charge in [0.25, 0.3) is 0 Å². The zero-order valence-electron chi connectivity index (χ0n) is 13.7. The van der Waals surface area contributed by atoms with Crippen molar-refractivity contribution in [3.05, 3.63) is 54.4 Å². The van der Waals surface area contributed by atoms with Gasteiger partial charge >= 0.3 is 6.03 Å². The van der Waals surface area contributed by atoms with Gasteiger partial charge in [-0.15, -0.1) is 0 Å². The maximum Gasteiger partial charge on any atom is 0.314 e. The van der Waals surface area contributed by atoms with Gasteiger partial charge in [0.1, 0.15) is 0 Å². The summed E-state index contributed by atoms with van der Waals surface area (Å²) in [7, 11) is 0. The summed E-state index contributed by atoms with van der Waals surface area (Å²) >= 11 is 0. The number of carbonyl (C=O) groups is 1. The molecule has 1 fully saturated rings. The smallest absolute Gasteiger partial charge is 0.314 e. The fourth-order valence-electron chi connectivity index (χ4n) is 2.99. The molecule has 3 rings (SSSR count). The molecule has 1 aromatic heterocycles. The SMILES string of the molecule is O=C(NCCc1ccccc1)NC[C@@H]1CCCN1c1ncccn1. The van der Waals surface area contributed by atoms with E-state index in [-0.39, 0.29) is 12.1 Å². The highest BCUT2D eigenvalue weighted by molar-refractivity contribution is 5.73. The van der Waals surface area contributed by atoms with E-state index in [4.69, 9.17) is 0 Å². The monoisotopic (exact) mass is 325 g/mol. The van der Waals surface area contributed by atoms with Crippen molar-refractivity contribution in [3.63, 3.8) is 0 Å². The van der Waals surface area contributed by atoms with E-state index in [1.54, 1.807) is 12.4 Å². The molecule has 0 bridgehead atoms. The molecule has 6 heteroatoms. The van der Waals surface area contributed by atoms with Crippen molar-refractivity contribution in [1.29, 1.82) is 0 Å². The van der Waals surface area contributed by atoms with E-state index in [0.717, 1.165) is 31.8 Å². The van der Waals surface area contributed by atoms with Gasteiger partial charge in [0.05, 0.1) is 0 Å². The Morgan fingerprint density at radius 1 is 1.12 bits per heavy atom. The number of benzene rings is 1. The van der Waals surface area contributed by atoms with Gasteiger partial charge in [-0.3, -0.25) is 0 Å². The Labute approximate surface area is 142 Å². The number of nitrogens with one attached hydrogen (secondary N) is 2. The van der Waals surface area contributed by atoms with Gasteiger partial charge in [0.2, 0.25) is 5.95 Å². The normalized spacial score (nSPS) is 16.8. The lowest BCUT2D eigenvalue weighted by Crippen LogP contribution is -2.44. The van der Waals surface area contributed by atoms with Crippen molar-refractivity contribution in [2.75, 3.05) is 24.5 Å². The van der Waals surface area contributed by atoms with Crippen molar-refractivity contribution in [1.82, 2.24) is 20.6 Å². The van der Waals surface area contributed by atoms with Crippen LogP contribution in [0.15, 0.2) is 48.8 Å². The molecule has 0 spiro atoms. The minimum Gasteiger partial charge on any atom is -0.338 e. The highest BCUT2D eigenvalue weighted by atomic mass is 16.2. The van der Waals surface area contributed by atoms with Crippen LogP contribution < -0.4 is 15.5 Å². The zero-order chi connectivity index (χ0) is 16.6. The topological polar surface area (TPSA) is 70.2 Å². The van der Waals surface area contributed by atoms with Gasteiger partial charge in [0.15, 0.2) is 0 Å². The predicted octanol–water partition coefficient (Wildman–Crippen LogP) is 1.99. The molecule has 1 saturated heterocycles. The standard InChI is InChI=1S/C18H23N5O/c24-18(21-12-9-15-6-2-1-3-7-15)22-14-16-8-4-13-23(16)17-19-10-5-11-20-17/h1-3,5-7,10-11,16H,4,8-9,12-14H2,(H2,21,22,24)/t16-/m0/s1. The number of carbonyl (C=O) groups excluding carboxylic acids is 1. The van der Waals surface area contributed by atoms with E-state index < -0.39 is 0 Å². The Balaban J connectivity index is 1.41. The van der Waals surface area contributed by atoms with Crippen molar-refractivity contribution in [2.24, 2.45) is 0 Å². The van der Waals surface area contributed by atoms with Gasteiger partial charge in [-0.2, -0.15) is 0 Å². The van der Waals surface area contributed by atoms with E-state index in [0.29, 0.717) is 13.1 Å². The lowest BCUT2D eigenvalue weighted by molar-refractivity contribution is 0.240. The first-order chi connectivity index (χ1) is 11.8. The van der Waals surface area contributed by atoms with Crippen molar-refractivity contribution in [3.8, 4) is 0 Å². The van der Waals surface area contributed by atoms with Crippen molar-refractivity contribution in [2.45, 2.75) is 25.3 Å². The number of urea groups is 1. The van der Waals surface area contributed by atoms with Crippen LogP contribution in [0.2, 0.25) is 0 Å². The first-order valence-electron chi connectivity index (χ1n) is 8.42. The minimum atomic E-state index is -0.119. The molecule has 6 nitrogen and oxygen atoms in total. The first kappa shape index (κ1) is 16.2. The van der Waals surface area contributed by atoms with Crippen molar-refractivity contribution < 1.29 is 4.79 Å². The van der Waals surface area contributed by atoms with Crippen LogP contribution in [0.1, 0.15) is 18.4 Å². The summed E-state index contributed by atoms with van der Waals surface area (Å²) in [6, 6.07) is 12.1. The molecular formula is C18H23N5O. The number of anilines is 1. The highest BCUT2D eigenvalue weighted by Crippen LogP contribution is 2.21. The number of rotatable bonds is 6. The van der Waals surface area contributed by atoms with Crippen LogP contribution in [0.5, 0.6) is 0 Å². The van der Waals surface area contributed by atoms with Crippen LogP contribution in [0.25, 0.3) is 0 Å². The summed E-state index contributed by atoms with van der Waals surface area (Å²) in [6.07, 6.45) is 6.48. The van der Waals surface area contributed by atoms with E-state index in [1.165, 1.54) is 5.56 Å². The maximum absolute atomic E-state index is 12.0. The second-order valence-electron chi connectivity index (χ2n) is 5.91. The van der Waals surface area contributed by atoms with Crippen LogP contribution in [-0.2, 0) is 6.42 Å². The average molecular weight is 325 g/mol. The number of hydrogen-bond acceptors (Lipinski definition) is 4. The molecule has 1 atom stereocenters. The third-order valence-corrected chi connectivity index (χ3v) is 4.23. The third-order valence-electron chi connectivity index (χ3n) is 4.23. The van der Waals surface area contributed by atoms with Gasteiger partial charge in [0, 0.05) is 38.1 Å². The Hall–Kier alpha value is -2.63. The Morgan fingerprint density at radius 3 is 2.71 bits per heavy atom. The molecule has 2 N–H and O–H groups in total. The predicted molar refractivity (Wildman–Crippen MR) is 93.9 cm³/mol. The number of nitrogens with zero attached hydrogens (tertiary/aromatic N) is 3. The zero-order valence-corrected chi connectivity index (χ0v) is 13.7. The molecule has 2 aromatic rings. The number of amides is 2. The third kappa shape index (κ3) is 4.44. The summed E-state index contributed by atoms with van der Waals surface area (Å²) in [5.41, 5.74) is 1.22. The lowest BCUT2D eigenvalue weighted by Gasteiger charge is -2.24. The minimum absolute atomic E-state index is 0.119. The van der Waals surface area contributed by atoms with E-state index in [9.17, 15) is 4.79 Å². The Morgan fingerprint density at radius 2 is 1.92 bits per heavy atom. The molecule has 0 saturated carbocycles. The maximum atomic E-state index is 12.0. The molecule has 0 unspecified atom stereocenters. The highest BCUT2D eigenvalue weighted by Gasteiger charge is 2.26. The largest absolute Gasteiger partial charge is 0.338 e. The van der Waals surface area contributed by atoms with Crippen LogP contribution in [0, 0.1) is 0 Å². The molecule has 0 radical (unpaired) electrons. The summed E-state index contributed by atoms with van der Waals surface area (Å²) in [5, 5.41) is 5.87. The second-order valence-corrected chi connectivity index (χ2v) is 5.91. The van der Waals surface area contributed by atoms with Crippen molar-refractivity contribution >= 4 is 12.0 Å². The fourth-order valence-corrected chi connectivity index (χ4v) is 2.99. The molecule has 1 aliphatic heterocycles. The number of hydrogen-bond donors (Lipinski definition) is 2. The molecular weight excluding hydrogens is 302 g/mol. The van der Waals surface area contributed by atoms with Gasteiger partial charge in [-0.25, -0.2) is 14.8 Å². The second kappa shape index (κ2) is 8.29. The van der Waals surface area contributed by atoms with Gasteiger partial charge < -0.3 is 15.5 Å². The van der Waals surface area contributed by atoms with Crippen LogP contribution in [-0.4, -0.2) is 41.7 Å². The quantitative estimate of drug-likeness (QED) is 0.852. The fraction of sp³-hybridized carbons (Fsp3) is 0.389. The van der Waals surface area contributed by atoms with Crippen LogP contribution in [0.3, 0.4) is 0 Å². The van der Waals surface area contributed by atoms with E-state index >= 15 is 0 Å². The molecule has 1 aliphatic rings. The summed E-state index contributed by atoms with van der Waals surface area (Å²) in [4.78, 5) is 22.7. The molecule has 1 aromatic carbocycles. The average Bonchev–Trinajstić information content (AvgIpc) is 3.10. The first-order valence-corrected chi connectivity index (χ1v) is 8.42. The van der Waals surface area contributed by atoms with Gasteiger partial charge in [-0.1, -0.05) is 30.3 Å². The molecule has 0 aliphatic carbocycles. The Bertz CT molecular complexity index is 634. The van der Waals surface area contributed by atoms with Gasteiger partial charge in [-0.05, 0) is 30.9 Å². The van der Waals surface area contributed by atoms with Crippen LogP contribution in [0.4, 0.5) is 10.7 Å². The summed E-state index contributed by atoms with van der Waals surface area (Å²) < 4.78 is 0. The molecule has 126 valence electrons. The lowest BCUT2D eigenvalue weighted by atomic mass is 10.1. The van der Waals surface area contributed by atoms with Crippen LogP contribution >= 0.6 is 0 Å².